The van der Waals surface area contributed by atoms with Crippen molar-refractivity contribution in [3.05, 3.63) is 29.8 Å². The summed E-state index contributed by atoms with van der Waals surface area (Å²) in [6, 6.07) is 3.14. The molecule has 0 spiro atoms. The molecule has 0 amide bonds. The second kappa shape index (κ2) is 4.54. The van der Waals surface area contributed by atoms with E-state index in [1.165, 1.54) is 6.07 Å². The Morgan fingerprint density at radius 3 is 2.60 bits per heavy atom. The number of hydrogen-bond acceptors (Lipinski definition) is 3. The smallest absolute Gasteiger partial charge is 0.235 e. The van der Waals surface area contributed by atoms with Gasteiger partial charge in [-0.15, -0.1) is 0 Å². The summed E-state index contributed by atoms with van der Waals surface area (Å²) in [5.41, 5.74) is -0.469. The van der Waals surface area contributed by atoms with Gasteiger partial charge >= 0.3 is 0 Å². The van der Waals surface area contributed by atoms with Crippen LogP contribution in [0.5, 0.6) is 0 Å². The first-order valence-electron chi connectivity index (χ1n) is 4.01. The van der Waals surface area contributed by atoms with Crippen LogP contribution in [0.3, 0.4) is 0 Å². The molecule has 0 heterocycles. The molecule has 0 bridgehead atoms. The highest BCUT2D eigenvalue weighted by Gasteiger charge is 2.14. The Morgan fingerprint density at radius 1 is 1.33 bits per heavy atom. The van der Waals surface area contributed by atoms with Crippen molar-refractivity contribution < 1.29 is 22.3 Å². The minimum atomic E-state index is -3.83. The van der Waals surface area contributed by atoms with Crippen LogP contribution in [0.4, 0.5) is 14.5 Å². The van der Waals surface area contributed by atoms with Crippen molar-refractivity contribution in [2.45, 2.75) is 0 Å². The third-order valence-corrected chi connectivity index (χ3v) is 2.83. The molecule has 4 nitrogen and oxygen atoms in total. The van der Waals surface area contributed by atoms with E-state index in [0.717, 1.165) is 12.1 Å². The fourth-order valence-electron chi connectivity index (χ4n) is 0.921. The van der Waals surface area contributed by atoms with Gasteiger partial charge in [0, 0.05) is 0 Å². The van der Waals surface area contributed by atoms with Crippen LogP contribution in [0, 0.1) is 11.6 Å². The molecule has 0 atom stereocenters. The minimum Gasteiger partial charge on any atom is -0.395 e. The summed E-state index contributed by atoms with van der Waals surface area (Å²) in [6.07, 6.45) is 0. The van der Waals surface area contributed by atoms with E-state index in [9.17, 15) is 17.2 Å². The molecule has 0 saturated heterocycles. The van der Waals surface area contributed by atoms with Crippen LogP contribution in [0.15, 0.2) is 18.2 Å². The normalized spacial score (nSPS) is 11.4. The van der Waals surface area contributed by atoms with Crippen molar-refractivity contribution in [3.63, 3.8) is 0 Å². The van der Waals surface area contributed by atoms with E-state index >= 15 is 0 Å². The van der Waals surface area contributed by atoms with Gasteiger partial charge in [-0.05, 0) is 12.1 Å². The third kappa shape index (κ3) is 3.14. The highest BCUT2D eigenvalue weighted by Crippen LogP contribution is 2.17. The first-order valence-corrected chi connectivity index (χ1v) is 5.67. The van der Waals surface area contributed by atoms with Gasteiger partial charge in [0.2, 0.25) is 10.0 Å². The molecule has 84 valence electrons. The number of anilines is 1. The van der Waals surface area contributed by atoms with Crippen molar-refractivity contribution in [3.8, 4) is 0 Å². The molecule has 0 aromatic heterocycles. The predicted molar refractivity (Wildman–Crippen MR) is 50.9 cm³/mol. The maximum atomic E-state index is 13.0. The molecule has 0 saturated carbocycles. The summed E-state index contributed by atoms with van der Waals surface area (Å²) in [6.45, 7) is -0.591. The van der Waals surface area contributed by atoms with Crippen LogP contribution in [-0.2, 0) is 10.0 Å². The summed E-state index contributed by atoms with van der Waals surface area (Å²) in [7, 11) is -3.83. The van der Waals surface area contributed by atoms with Crippen LogP contribution in [0.2, 0.25) is 0 Å². The number of halogens is 2. The monoisotopic (exact) mass is 237 g/mol. The fourth-order valence-corrected chi connectivity index (χ4v) is 1.76. The molecule has 0 fully saturated rings. The SMILES string of the molecule is O=S(=O)(CCO)Nc1cccc(F)c1F. The summed E-state index contributed by atoms with van der Waals surface area (Å²) in [4.78, 5) is 0. The highest BCUT2D eigenvalue weighted by molar-refractivity contribution is 7.92. The maximum Gasteiger partial charge on any atom is 0.235 e. The summed E-state index contributed by atoms with van der Waals surface area (Å²) in [5.74, 6) is -2.97. The number of rotatable bonds is 4. The van der Waals surface area contributed by atoms with Gasteiger partial charge in [0.1, 0.15) is 0 Å². The van der Waals surface area contributed by atoms with E-state index in [4.69, 9.17) is 5.11 Å². The average Bonchev–Trinajstić information content (AvgIpc) is 2.12. The Balaban J connectivity index is 2.95. The van der Waals surface area contributed by atoms with Crippen LogP contribution in [0.25, 0.3) is 0 Å². The summed E-state index contributed by atoms with van der Waals surface area (Å²) < 4.78 is 49.7. The van der Waals surface area contributed by atoms with E-state index in [2.05, 4.69) is 0 Å². The van der Waals surface area contributed by atoms with Crippen LogP contribution in [0.1, 0.15) is 0 Å². The van der Waals surface area contributed by atoms with Crippen molar-refractivity contribution in [2.24, 2.45) is 0 Å². The molecule has 0 radical (unpaired) electrons. The molecule has 1 aromatic rings. The first kappa shape index (κ1) is 11.9. The predicted octanol–water partition coefficient (Wildman–Crippen LogP) is 0.699. The van der Waals surface area contributed by atoms with E-state index < -0.39 is 39.7 Å². The zero-order valence-corrected chi connectivity index (χ0v) is 8.39. The van der Waals surface area contributed by atoms with E-state index in [1.54, 1.807) is 0 Å². The Kier molecular flexibility index (Phi) is 3.59. The summed E-state index contributed by atoms with van der Waals surface area (Å²) >= 11 is 0. The van der Waals surface area contributed by atoms with Gasteiger partial charge in [0.15, 0.2) is 11.6 Å². The van der Waals surface area contributed by atoms with Crippen molar-refractivity contribution in [2.75, 3.05) is 17.1 Å². The van der Waals surface area contributed by atoms with Gasteiger partial charge in [-0.2, -0.15) is 0 Å². The standard InChI is InChI=1S/C8H9F2NO3S/c9-6-2-1-3-7(8(6)10)11-15(13,14)5-4-12/h1-3,11-12H,4-5H2. The second-order valence-corrected chi connectivity index (χ2v) is 4.59. The second-order valence-electron chi connectivity index (χ2n) is 2.75. The molecule has 2 N–H and O–H groups in total. The number of aliphatic hydroxyl groups excluding tert-OH is 1. The largest absolute Gasteiger partial charge is 0.395 e. The molecule has 1 rings (SSSR count). The fraction of sp³-hybridized carbons (Fsp3) is 0.250. The van der Waals surface area contributed by atoms with E-state index in [0.29, 0.717) is 0 Å². The highest BCUT2D eigenvalue weighted by atomic mass is 32.2. The molecule has 7 heteroatoms. The molecule has 0 aliphatic rings. The Bertz CT molecular complexity index is 447. The van der Waals surface area contributed by atoms with Crippen molar-refractivity contribution in [1.29, 1.82) is 0 Å². The van der Waals surface area contributed by atoms with Crippen LogP contribution in [-0.4, -0.2) is 25.9 Å². The lowest BCUT2D eigenvalue weighted by Crippen LogP contribution is -2.19. The number of benzene rings is 1. The summed E-state index contributed by atoms with van der Waals surface area (Å²) in [5, 5.41) is 8.42. The number of nitrogens with one attached hydrogen (secondary N) is 1. The molecule has 0 unspecified atom stereocenters. The van der Waals surface area contributed by atoms with E-state index in [-0.39, 0.29) is 0 Å². The zero-order valence-electron chi connectivity index (χ0n) is 7.57. The number of sulfonamides is 1. The lowest BCUT2D eigenvalue weighted by molar-refractivity contribution is 0.320. The maximum absolute atomic E-state index is 13.0. The lowest BCUT2D eigenvalue weighted by atomic mass is 10.3. The first-order chi connectivity index (χ1) is 6.96. The molecule has 0 aliphatic heterocycles. The molecule has 15 heavy (non-hydrogen) atoms. The third-order valence-electron chi connectivity index (χ3n) is 1.58. The number of hydrogen-bond donors (Lipinski definition) is 2. The van der Waals surface area contributed by atoms with Gasteiger partial charge in [0.05, 0.1) is 18.0 Å². The Morgan fingerprint density at radius 2 is 2.00 bits per heavy atom. The van der Waals surface area contributed by atoms with Gasteiger partial charge in [0.25, 0.3) is 0 Å². The van der Waals surface area contributed by atoms with Crippen molar-refractivity contribution in [1.82, 2.24) is 0 Å². The minimum absolute atomic E-state index is 0.469. The quantitative estimate of drug-likeness (QED) is 0.810. The Hall–Kier alpha value is -1.21. The van der Waals surface area contributed by atoms with Gasteiger partial charge in [-0.25, -0.2) is 17.2 Å². The molecule has 1 aromatic carbocycles. The molecule has 0 aliphatic carbocycles. The van der Waals surface area contributed by atoms with Crippen LogP contribution < -0.4 is 4.72 Å². The van der Waals surface area contributed by atoms with Crippen molar-refractivity contribution >= 4 is 15.7 Å². The van der Waals surface area contributed by atoms with Crippen LogP contribution >= 0.6 is 0 Å². The molecular weight excluding hydrogens is 228 g/mol. The van der Waals surface area contributed by atoms with Gasteiger partial charge in [-0.1, -0.05) is 6.07 Å². The lowest BCUT2D eigenvalue weighted by Gasteiger charge is -2.07. The topological polar surface area (TPSA) is 66.4 Å². The molecular formula is C8H9F2NO3S. The average molecular weight is 237 g/mol. The zero-order chi connectivity index (χ0) is 11.5. The van der Waals surface area contributed by atoms with E-state index in [1.807, 2.05) is 4.72 Å². The number of aliphatic hydroxyl groups is 1. The van der Waals surface area contributed by atoms with Gasteiger partial charge < -0.3 is 5.11 Å². The van der Waals surface area contributed by atoms with Gasteiger partial charge in [-0.3, -0.25) is 4.72 Å². The Labute approximate surface area is 85.6 Å².